The van der Waals surface area contributed by atoms with Crippen LogP contribution in [0.3, 0.4) is 0 Å². The number of fused-ring (bicyclic) bond motifs is 3. The molecule has 1 amide bonds. The quantitative estimate of drug-likeness (QED) is 0.716. The molecule has 34 heavy (non-hydrogen) atoms. The molecule has 182 valence electrons. The number of carbonyl (C=O) groups is 1. The molecule has 1 aliphatic carbocycles. The molecule has 2 aromatic rings. The highest BCUT2D eigenvalue weighted by molar-refractivity contribution is 5.82. The number of carbonyl (C=O) groups excluding carboxylic acids is 1. The van der Waals surface area contributed by atoms with Gasteiger partial charge in [-0.2, -0.15) is 13.2 Å². The first kappa shape index (κ1) is 23.1. The highest BCUT2D eigenvalue weighted by Crippen LogP contribution is 2.40. The van der Waals surface area contributed by atoms with Crippen LogP contribution in [0.2, 0.25) is 0 Å². The summed E-state index contributed by atoms with van der Waals surface area (Å²) in [6, 6.07) is 8.23. The van der Waals surface area contributed by atoms with Gasteiger partial charge in [-0.1, -0.05) is 25.3 Å². The van der Waals surface area contributed by atoms with Crippen LogP contribution in [0, 0.1) is 5.92 Å². The number of benzene rings is 1. The minimum Gasteiger partial charge on any atom is -0.365 e. The van der Waals surface area contributed by atoms with Crippen LogP contribution in [0.4, 0.5) is 18.9 Å². The van der Waals surface area contributed by atoms with E-state index in [1.807, 2.05) is 12.1 Å². The van der Waals surface area contributed by atoms with E-state index in [0.29, 0.717) is 24.6 Å². The summed E-state index contributed by atoms with van der Waals surface area (Å²) in [7, 11) is 0. The van der Waals surface area contributed by atoms with Crippen LogP contribution in [0.15, 0.2) is 42.7 Å². The number of aromatic nitrogens is 1. The maximum absolute atomic E-state index is 13.4. The average Bonchev–Trinajstić information content (AvgIpc) is 2.86. The Hall–Kier alpha value is -2.61. The lowest BCUT2D eigenvalue weighted by molar-refractivity contribution is -0.137. The number of halogens is 3. The van der Waals surface area contributed by atoms with Crippen LogP contribution < -0.4 is 10.2 Å². The molecule has 2 aliphatic heterocycles. The number of hydrogen-bond donors (Lipinski definition) is 1. The van der Waals surface area contributed by atoms with Crippen LogP contribution >= 0.6 is 0 Å². The Morgan fingerprint density at radius 2 is 1.94 bits per heavy atom. The lowest BCUT2D eigenvalue weighted by atomic mass is 9.82. The van der Waals surface area contributed by atoms with Gasteiger partial charge in [0, 0.05) is 50.3 Å². The van der Waals surface area contributed by atoms with Gasteiger partial charge in [0.25, 0.3) is 0 Å². The minimum atomic E-state index is -4.40. The summed E-state index contributed by atoms with van der Waals surface area (Å²) in [5.74, 6) is -0.508. The lowest BCUT2D eigenvalue weighted by Gasteiger charge is -2.51. The standard InChI is InChI=1S/C26H31F3N4O/c27-26(28,29)20-8-9-23-19(13-20)14-22(25(34)31-16-18-5-4-10-30-15-18)24-17-32(11-12-33(23)24)21-6-2-1-3-7-21/h4-5,8-10,13,15,21-22,24H,1-3,6-7,11-12,14,16-17H2,(H,31,34)/t22-,24-/m1/s1. The molecule has 1 saturated carbocycles. The maximum atomic E-state index is 13.4. The molecule has 0 radical (unpaired) electrons. The van der Waals surface area contributed by atoms with Crippen LogP contribution in [-0.2, 0) is 23.9 Å². The molecule has 1 aromatic heterocycles. The van der Waals surface area contributed by atoms with Crippen LogP contribution in [0.25, 0.3) is 0 Å². The van der Waals surface area contributed by atoms with Gasteiger partial charge in [0.05, 0.1) is 17.5 Å². The third-order valence-corrected chi connectivity index (χ3v) is 7.69. The molecular formula is C26H31F3N4O. The van der Waals surface area contributed by atoms with Gasteiger partial charge in [-0.05, 0) is 54.7 Å². The van der Waals surface area contributed by atoms with Crippen molar-refractivity contribution in [2.24, 2.45) is 5.92 Å². The molecule has 1 saturated heterocycles. The molecule has 5 nitrogen and oxygen atoms in total. The van der Waals surface area contributed by atoms with Gasteiger partial charge in [-0.3, -0.25) is 14.7 Å². The van der Waals surface area contributed by atoms with E-state index in [1.165, 1.54) is 44.2 Å². The molecule has 3 aliphatic rings. The Kier molecular flexibility index (Phi) is 6.51. The molecule has 2 atom stereocenters. The smallest absolute Gasteiger partial charge is 0.365 e. The van der Waals surface area contributed by atoms with Gasteiger partial charge in [0.2, 0.25) is 5.91 Å². The number of nitrogens with one attached hydrogen (secondary N) is 1. The fourth-order valence-electron chi connectivity index (χ4n) is 5.92. The molecule has 5 rings (SSSR count). The second-order valence-electron chi connectivity index (χ2n) is 9.78. The minimum absolute atomic E-state index is 0.0474. The van der Waals surface area contributed by atoms with Crippen molar-refractivity contribution in [1.82, 2.24) is 15.2 Å². The number of rotatable bonds is 4. The first-order chi connectivity index (χ1) is 16.4. The second kappa shape index (κ2) is 9.56. The zero-order chi connectivity index (χ0) is 23.7. The molecule has 8 heteroatoms. The second-order valence-corrected chi connectivity index (χ2v) is 9.78. The molecule has 0 unspecified atom stereocenters. The van der Waals surface area contributed by atoms with Gasteiger partial charge in [-0.25, -0.2) is 0 Å². The van der Waals surface area contributed by atoms with Crippen molar-refractivity contribution >= 4 is 11.6 Å². The Labute approximate surface area is 198 Å². The number of anilines is 1. The van der Waals surface area contributed by atoms with Gasteiger partial charge >= 0.3 is 6.18 Å². The largest absolute Gasteiger partial charge is 0.416 e. The Morgan fingerprint density at radius 1 is 1.12 bits per heavy atom. The van der Waals surface area contributed by atoms with Crippen molar-refractivity contribution in [2.75, 3.05) is 24.5 Å². The van der Waals surface area contributed by atoms with Crippen molar-refractivity contribution < 1.29 is 18.0 Å². The number of pyridine rings is 1. The molecule has 3 heterocycles. The maximum Gasteiger partial charge on any atom is 0.416 e. The number of piperazine rings is 1. The van der Waals surface area contributed by atoms with E-state index in [9.17, 15) is 18.0 Å². The Morgan fingerprint density at radius 3 is 2.68 bits per heavy atom. The topological polar surface area (TPSA) is 48.5 Å². The van der Waals surface area contributed by atoms with E-state index < -0.39 is 17.7 Å². The SMILES string of the molecule is O=C(NCc1cccnc1)[C@@H]1Cc2cc(C(F)(F)F)ccc2N2CCN(C3CCCCC3)C[C@H]12. The zero-order valence-electron chi connectivity index (χ0n) is 19.2. The number of amides is 1. The van der Waals surface area contributed by atoms with Gasteiger partial charge in [0.15, 0.2) is 0 Å². The third-order valence-electron chi connectivity index (χ3n) is 7.69. The number of hydrogen-bond acceptors (Lipinski definition) is 4. The Balaban J connectivity index is 1.41. The molecule has 2 fully saturated rings. The lowest BCUT2D eigenvalue weighted by Crippen LogP contribution is -2.62. The van der Waals surface area contributed by atoms with Crippen molar-refractivity contribution in [3.8, 4) is 0 Å². The van der Waals surface area contributed by atoms with E-state index in [1.54, 1.807) is 18.5 Å². The molecular weight excluding hydrogens is 441 g/mol. The summed E-state index contributed by atoms with van der Waals surface area (Å²) in [5.41, 5.74) is 1.70. The average molecular weight is 473 g/mol. The van der Waals surface area contributed by atoms with E-state index in [4.69, 9.17) is 0 Å². The molecule has 1 N–H and O–H groups in total. The van der Waals surface area contributed by atoms with Crippen molar-refractivity contribution in [2.45, 2.75) is 63.3 Å². The van der Waals surface area contributed by atoms with Gasteiger partial charge in [0.1, 0.15) is 0 Å². The first-order valence-electron chi connectivity index (χ1n) is 12.3. The van der Waals surface area contributed by atoms with Gasteiger partial charge in [-0.15, -0.1) is 0 Å². The molecule has 0 bridgehead atoms. The van der Waals surface area contributed by atoms with Crippen molar-refractivity contribution in [3.05, 3.63) is 59.4 Å². The fraction of sp³-hybridized carbons (Fsp3) is 0.538. The van der Waals surface area contributed by atoms with E-state index in [0.717, 1.165) is 30.9 Å². The molecule has 0 spiro atoms. The highest BCUT2D eigenvalue weighted by Gasteiger charge is 2.43. The summed E-state index contributed by atoms with van der Waals surface area (Å²) in [6.45, 7) is 2.74. The summed E-state index contributed by atoms with van der Waals surface area (Å²) in [5, 5.41) is 3.03. The fourth-order valence-corrected chi connectivity index (χ4v) is 5.92. The predicted molar refractivity (Wildman–Crippen MR) is 124 cm³/mol. The third kappa shape index (κ3) is 4.78. The summed E-state index contributed by atoms with van der Waals surface area (Å²) in [4.78, 5) is 22.2. The highest BCUT2D eigenvalue weighted by atomic mass is 19.4. The van der Waals surface area contributed by atoms with Crippen LogP contribution in [0.1, 0.15) is 48.8 Å². The normalized spacial score (nSPS) is 23.8. The van der Waals surface area contributed by atoms with Crippen LogP contribution in [-0.4, -0.2) is 47.5 Å². The zero-order valence-corrected chi connectivity index (χ0v) is 19.2. The summed E-state index contributed by atoms with van der Waals surface area (Å²) >= 11 is 0. The first-order valence-corrected chi connectivity index (χ1v) is 12.3. The number of alkyl halides is 3. The van der Waals surface area contributed by atoms with E-state index in [2.05, 4.69) is 20.1 Å². The van der Waals surface area contributed by atoms with E-state index >= 15 is 0 Å². The van der Waals surface area contributed by atoms with Crippen molar-refractivity contribution in [3.63, 3.8) is 0 Å². The predicted octanol–water partition coefficient (Wildman–Crippen LogP) is 4.41. The molecule has 1 aromatic carbocycles. The van der Waals surface area contributed by atoms with Gasteiger partial charge < -0.3 is 10.2 Å². The summed E-state index contributed by atoms with van der Waals surface area (Å²) < 4.78 is 40.2. The summed E-state index contributed by atoms with van der Waals surface area (Å²) in [6.07, 6.45) is 5.47. The monoisotopic (exact) mass is 472 g/mol. The Bertz CT molecular complexity index is 1010. The van der Waals surface area contributed by atoms with Crippen LogP contribution in [0.5, 0.6) is 0 Å². The van der Waals surface area contributed by atoms with E-state index in [-0.39, 0.29) is 11.9 Å². The van der Waals surface area contributed by atoms with Crippen molar-refractivity contribution in [1.29, 1.82) is 0 Å². The number of nitrogens with zero attached hydrogens (tertiary/aromatic N) is 3.